The van der Waals surface area contributed by atoms with Gasteiger partial charge in [-0.3, -0.25) is 14.4 Å². The molecule has 41 heavy (non-hydrogen) atoms. The molecule has 8 nitrogen and oxygen atoms in total. The van der Waals surface area contributed by atoms with Crippen molar-refractivity contribution in [2.24, 2.45) is 11.1 Å². The molecule has 0 saturated carbocycles. The number of ether oxygens (including phenoxy) is 2. The fourth-order valence-electron chi connectivity index (χ4n) is 5.48. The fraction of sp³-hybridized carbons (Fsp3) is 0.469. The van der Waals surface area contributed by atoms with E-state index >= 15 is 0 Å². The lowest BCUT2D eigenvalue weighted by atomic mass is 9.74. The van der Waals surface area contributed by atoms with Gasteiger partial charge in [0.2, 0.25) is 11.8 Å². The van der Waals surface area contributed by atoms with E-state index in [-0.39, 0.29) is 37.4 Å². The second kappa shape index (κ2) is 14.0. The summed E-state index contributed by atoms with van der Waals surface area (Å²) in [7, 11) is 0. The largest absolute Gasteiger partial charge is 0.493 e. The summed E-state index contributed by atoms with van der Waals surface area (Å²) in [4.78, 5) is 42.2. The van der Waals surface area contributed by atoms with Gasteiger partial charge in [-0.15, -0.1) is 12.4 Å². The van der Waals surface area contributed by atoms with Crippen LogP contribution < -0.4 is 15.8 Å². The molecule has 222 valence electrons. The number of hydrogen-bond donors (Lipinski definition) is 2. The number of rotatable bonds is 9. The zero-order chi connectivity index (χ0) is 28.8. The van der Waals surface area contributed by atoms with E-state index in [9.17, 15) is 14.4 Å². The Kier molecular flexibility index (Phi) is 11.0. The third kappa shape index (κ3) is 8.11. The first-order valence-electron chi connectivity index (χ1n) is 14.1. The molecule has 2 aromatic carbocycles. The number of piperidine rings is 1. The van der Waals surface area contributed by atoms with Gasteiger partial charge in [-0.05, 0) is 58.1 Å². The van der Waals surface area contributed by atoms with Crippen molar-refractivity contribution in [1.82, 2.24) is 10.2 Å². The predicted octanol–water partition coefficient (Wildman–Crippen LogP) is 4.30. The van der Waals surface area contributed by atoms with Crippen molar-refractivity contribution in [3.63, 3.8) is 0 Å². The van der Waals surface area contributed by atoms with E-state index in [2.05, 4.69) is 5.32 Å². The number of para-hydroxylation sites is 1. The lowest BCUT2D eigenvalue weighted by molar-refractivity contribution is -0.161. The minimum Gasteiger partial charge on any atom is -0.493 e. The van der Waals surface area contributed by atoms with Gasteiger partial charge in [-0.25, -0.2) is 0 Å². The molecule has 0 radical (unpaired) electrons. The maximum Gasteiger partial charge on any atom is 0.314 e. The van der Waals surface area contributed by atoms with Crippen LogP contribution in [0.2, 0.25) is 0 Å². The zero-order valence-electron chi connectivity index (χ0n) is 24.2. The average Bonchev–Trinajstić information content (AvgIpc) is 3.14. The van der Waals surface area contributed by atoms with E-state index in [4.69, 9.17) is 15.2 Å². The number of carbonyl (C=O) groups is 3. The number of benzene rings is 2. The highest BCUT2D eigenvalue weighted by Crippen LogP contribution is 2.36. The molecule has 2 aromatic rings. The van der Waals surface area contributed by atoms with Crippen molar-refractivity contribution in [3.05, 3.63) is 71.3 Å². The molecule has 2 heterocycles. The summed E-state index contributed by atoms with van der Waals surface area (Å²) in [6.07, 6.45) is 4.74. The number of amides is 2. The van der Waals surface area contributed by atoms with Crippen molar-refractivity contribution in [2.45, 2.75) is 64.5 Å². The van der Waals surface area contributed by atoms with E-state index in [1.807, 2.05) is 60.7 Å². The van der Waals surface area contributed by atoms with Gasteiger partial charge in [0.25, 0.3) is 0 Å². The highest BCUT2D eigenvalue weighted by Gasteiger charge is 2.46. The summed E-state index contributed by atoms with van der Waals surface area (Å²) in [6.45, 7) is 6.50. The topological polar surface area (TPSA) is 111 Å². The summed E-state index contributed by atoms with van der Waals surface area (Å²) in [6, 6.07) is 16.8. The molecule has 0 aliphatic carbocycles. The molecule has 0 spiro atoms. The molecule has 1 saturated heterocycles. The summed E-state index contributed by atoms with van der Waals surface area (Å²) in [5, 5.41) is 2.92. The monoisotopic (exact) mass is 583 g/mol. The molecule has 2 amide bonds. The smallest absolute Gasteiger partial charge is 0.314 e. The molecule has 4 rings (SSSR count). The van der Waals surface area contributed by atoms with Crippen LogP contribution in [0.1, 0.15) is 57.6 Å². The van der Waals surface area contributed by atoms with Gasteiger partial charge in [-0.1, -0.05) is 60.2 Å². The first-order valence-corrected chi connectivity index (χ1v) is 14.1. The maximum absolute atomic E-state index is 14.1. The van der Waals surface area contributed by atoms with E-state index in [0.717, 1.165) is 22.4 Å². The van der Waals surface area contributed by atoms with Crippen molar-refractivity contribution < 1.29 is 23.9 Å². The number of nitrogens with one attached hydrogen (secondary N) is 1. The first-order chi connectivity index (χ1) is 19.1. The third-order valence-corrected chi connectivity index (χ3v) is 7.60. The number of carbonyl (C=O) groups excluding carboxylic acids is 3. The van der Waals surface area contributed by atoms with Gasteiger partial charge in [0.1, 0.15) is 11.8 Å². The van der Waals surface area contributed by atoms with E-state index < -0.39 is 22.9 Å². The molecule has 2 aliphatic heterocycles. The standard InChI is InChI=1S/C32H41N3O5.ClH/c1-4-39-30(38)32(21-23-11-6-5-7-12-23)16-10-17-35(22-32)28(36)26(34-29(37)31(2,3)33)20-24-15-18-40-27-14-9-8-13-25(27)19-24;/h5-9,11-14,19,26H,4,10,15-18,20-22,33H2,1-3H3,(H,34,37);1H/t26-,32?;/m1./s1. The minimum atomic E-state index is -1.16. The molecule has 2 aliphatic rings. The fourth-order valence-corrected chi connectivity index (χ4v) is 5.48. The van der Waals surface area contributed by atoms with Crippen molar-refractivity contribution in [2.75, 3.05) is 26.3 Å². The van der Waals surface area contributed by atoms with Gasteiger partial charge in [0.15, 0.2) is 0 Å². The molecule has 2 atom stereocenters. The van der Waals surface area contributed by atoms with Crippen LogP contribution in [0.4, 0.5) is 0 Å². The van der Waals surface area contributed by atoms with Crippen LogP contribution in [0.5, 0.6) is 5.75 Å². The number of nitrogens with zero attached hydrogens (tertiary/aromatic N) is 1. The van der Waals surface area contributed by atoms with Gasteiger partial charge in [0.05, 0.1) is 24.2 Å². The Morgan fingerprint density at radius 2 is 1.83 bits per heavy atom. The van der Waals surface area contributed by atoms with Crippen LogP contribution in [-0.2, 0) is 25.5 Å². The number of nitrogens with two attached hydrogens (primary N) is 1. The molecule has 1 unspecified atom stereocenters. The Morgan fingerprint density at radius 3 is 2.54 bits per heavy atom. The zero-order valence-corrected chi connectivity index (χ0v) is 25.0. The Labute approximate surface area is 249 Å². The maximum atomic E-state index is 14.1. The summed E-state index contributed by atoms with van der Waals surface area (Å²) >= 11 is 0. The second-order valence-corrected chi connectivity index (χ2v) is 11.4. The van der Waals surface area contributed by atoms with Crippen LogP contribution in [-0.4, -0.2) is 60.6 Å². The SMILES string of the molecule is CCOC(=O)C1(Cc2ccccc2)CCCN(C(=O)[C@@H](CC2=Cc3ccccc3OCC2)NC(=O)C(C)(C)N)C1.Cl. The number of likely N-dealkylation sites (tertiary alicyclic amines) is 1. The van der Waals surface area contributed by atoms with Gasteiger partial charge >= 0.3 is 5.97 Å². The lowest BCUT2D eigenvalue weighted by Gasteiger charge is -2.42. The minimum absolute atomic E-state index is 0. The molecule has 0 bridgehead atoms. The van der Waals surface area contributed by atoms with Gasteiger partial charge in [0, 0.05) is 25.1 Å². The Balaban J connectivity index is 0.00000462. The highest BCUT2D eigenvalue weighted by molar-refractivity contribution is 5.92. The van der Waals surface area contributed by atoms with E-state index in [1.165, 1.54) is 0 Å². The molecule has 3 N–H and O–H groups in total. The lowest BCUT2D eigenvalue weighted by Crippen LogP contribution is -2.59. The van der Waals surface area contributed by atoms with Crippen LogP contribution in [0.25, 0.3) is 6.08 Å². The van der Waals surface area contributed by atoms with E-state index in [1.54, 1.807) is 25.7 Å². The predicted molar refractivity (Wildman–Crippen MR) is 162 cm³/mol. The van der Waals surface area contributed by atoms with Crippen LogP contribution in [0.3, 0.4) is 0 Å². The number of fused-ring (bicyclic) bond motifs is 1. The normalized spacial score (nSPS) is 19.3. The second-order valence-electron chi connectivity index (χ2n) is 11.4. The molecular formula is C32H42ClN3O5. The molecular weight excluding hydrogens is 542 g/mol. The van der Waals surface area contributed by atoms with Crippen molar-refractivity contribution >= 4 is 36.3 Å². The summed E-state index contributed by atoms with van der Waals surface area (Å²) < 4.78 is 11.4. The number of esters is 1. The van der Waals surface area contributed by atoms with E-state index in [0.29, 0.717) is 45.3 Å². The summed E-state index contributed by atoms with van der Waals surface area (Å²) in [5.41, 5.74) is 7.03. The number of halogens is 1. The number of hydrogen-bond acceptors (Lipinski definition) is 6. The van der Waals surface area contributed by atoms with Crippen LogP contribution >= 0.6 is 12.4 Å². The molecule has 9 heteroatoms. The average molecular weight is 584 g/mol. The third-order valence-electron chi connectivity index (χ3n) is 7.60. The van der Waals surface area contributed by atoms with Crippen LogP contribution in [0, 0.1) is 5.41 Å². The quantitative estimate of drug-likeness (QED) is 0.426. The molecule has 1 fully saturated rings. The Hall–Kier alpha value is -3.36. The summed E-state index contributed by atoms with van der Waals surface area (Å²) in [5.74, 6) is -0.128. The first kappa shape index (κ1) is 32.2. The Bertz CT molecular complexity index is 1240. The van der Waals surface area contributed by atoms with Gasteiger partial charge in [-0.2, -0.15) is 0 Å². The van der Waals surface area contributed by atoms with Crippen molar-refractivity contribution in [1.29, 1.82) is 0 Å². The molecule has 0 aromatic heterocycles. The van der Waals surface area contributed by atoms with Crippen molar-refractivity contribution in [3.8, 4) is 5.75 Å². The van der Waals surface area contributed by atoms with Crippen LogP contribution in [0.15, 0.2) is 60.2 Å². The van der Waals surface area contributed by atoms with Gasteiger partial charge < -0.3 is 25.4 Å². The highest BCUT2D eigenvalue weighted by atomic mass is 35.5. The Morgan fingerprint density at radius 1 is 1.12 bits per heavy atom.